The molecule has 2 N–H and O–H groups in total. The van der Waals surface area contributed by atoms with E-state index in [2.05, 4.69) is 10.6 Å². The number of nitrogens with zero attached hydrogens (tertiary/aromatic N) is 1. The van der Waals surface area contributed by atoms with E-state index in [1.165, 1.54) is 0 Å². The first-order valence-electron chi connectivity index (χ1n) is 10.3. The van der Waals surface area contributed by atoms with Crippen LogP contribution in [0, 0.1) is 0 Å². The van der Waals surface area contributed by atoms with Crippen molar-refractivity contribution in [1.29, 1.82) is 0 Å². The number of pyridine rings is 1. The fraction of sp³-hybridized carbons (Fsp3) is 0.667. The van der Waals surface area contributed by atoms with Gasteiger partial charge in [0.25, 0.3) is 11.8 Å². The zero-order valence-corrected chi connectivity index (χ0v) is 17.4. The highest BCUT2D eigenvalue weighted by Crippen LogP contribution is 2.29. The van der Waals surface area contributed by atoms with Crippen LogP contribution in [0.3, 0.4) is 0 Å². The Balaban J connectivity index is 2.28. The molecule has 1 aromatic rings. The SMILES string of the molecule is CCC(C)NC(=O)c1cn(C2CCCC2)cc(C(=O)NCCOC(C)C)c1=O. The van der Waals surface area contributed by atoms with Crippen LogP contribution in [-0.2, 0) is 4.74 Å². The van der Waals surface area contributed by atoms with Gasteiger partial charge in [0.2, 0.25) is 5.43 Å². The summed E-state index contributed by atoms with van der Waals surface area (Å²) in [6, 6.07) is 0.170. The molecule has 1 saturated carbocycles. The topological polar surface area (TPSA) is 89.4 Å². The quantitative estimate of drug-likeness (QED) is 0.633. The Hall–Kier alpha value is -2.15. The summed E-state index contributed by atoms with van der Waals surface area (Å²) in [5.41, 5.74) is -0.496. The molecule has 7 nitrogen and oxygen atoms in total. The second-order valence-electron chi connectivity index (χ2n) is 7.76. The van der Waals surface area contributed by atoms with E-state index in [9.17, 15) is 14.4 Å². The van der Waals surface area contributed by atoms with Crippen LogP contribution in [0.1, 0.15) is 86.6 Å². The summed E-state index contributed by atoms with van der Waals surface area (Å²) < 4.78 is 7.29. The highest BCUT2D eigenvalue weighted by atomic mass is 16.5. The Morgan fingerprint density at radius 3 is 2.32 bits per heavy atom. The predicted octanol–water partition coefficient (Wildman–Crippen LogP) is 2.65. The summed E-state index contributed by atoms with van der Waals surface area (Å²) in [6.45, 7) is 8.37. The average molecular weight is 392 g/mol. The standard InChI is InChI=1S/C21H33N3O4/c1-5-15(4)23-21(27)18-13-24(16-8-6-7-9-16)12-17(19(18)25)20(26)22-10-11-28-14(2)3/h12-16H,5-11H2,1-4H3,(H,22,26)(H,23,27). The fourth-order valence-corrected chi connectivity index (χ4v) is 3.29. The van der Waals surface area contributed by atoms with E-state index in [1.54, 1.807) is 12.4 Å². The molecular weight excluding hydrogens is 358 g/mol. The zero-order valence-electron chi connectivity index (χ0n) is 17.4. The Morgan fingerprint density at radius 1 is 1.14 bits per heavy atom. The number of carbonyl (C=O) groups excluding carboxylic acids is 2. The summed E-state index contributed by atoms with van der Waals surface area (Å²) in [4.78, 5) is 38.1. The molecule has 0 bridgehead atoms. The molecule has 2 rings (SSSR count). The van der Waals surface area contributed by atoms with Crippen molar-refractivity contribution in [1.82, 2.24) is 15.2 Å². The highest BCUT2D eigenvalue weighted by Gasteiger charge is 2.23. The van der Waals surface area contributed by atoms with Gasteiger partial charge in [0.05, 0.1) is 12.7 Å². The molecule has 0 spiro atoms. The summed E-state index contributed by atoms with van der Waals surface area (Å²) in [7, 11) is 0. The minimum absolute atomic E-state index is 0.00764. The van der Waals surface area contributed by atoms with Crippen LogP contribution in [0.5, 0.6) is 0 Å². The van der Waals surface area contributed by atoms with Crippen LogP contribution in [0.25, 0.3) is 0 Å². The average Bonchev–Trinajstić information content (AvgIpc) is 3.19. The maximum absolute atomic E-state index is 12.9. The lowest BCUT2D eigenvalue weighted by Gasteiger charge is -2.18. The van der Waals surface area contributed by atoms with Crippen LogP contribution >= 0.6 is 0 Å². The van der Waals surface area contributed by atoms with E-state index in [1.807, 2.05) is 32.3 Å². The molecule has 1 aliphatic carbocycles. The zero-order chi connectivity index (χ0) is 20.7. The van der Waals surface area contributed by atoms with Gasteiger partial charge in [-0.05, 0) is 40.0 Å². The molecule has 1 unspecified atom stereocenters. The molecule has 1 atom stereocenters. The fourth-order valence-electron chi connectivity index (χ4n) is 3.29. The smallest absolute Gasteiger partial charge is 0.256 e. The first-order chi connectivity index (χ1) is 13.3. The molecule has 0 aliphatic heterocycles. The van der Waals surface area contributed by atoms with Crippen molar-refractivity contribution in [3.05, 3.63) is 33.7 Å². The van der Waals surface area contributed by atoms with Gasteiger partial charge in [-0.1, -0.05) is 19.8 Å². The Morgan fingerprint density at radius 2 is 1.75 bits per heavy atom. The summed E-state index contributed by atoms with van der Waals surface area (Å²) in [5.74, 6) is -0.897. The molecular formula is C21H33N3O4. The second kappa shape index (κ2) is 10.4. The van der Waals surface area contributed by atoms with Gasteiger partial charge in [-0.3, -0.25) is 14.4 Å². The Bertz CT molecular complexity index is 736. The van der Waals surface area contributed by atoms with Crippen LogP contribution < -0.4 is 16.1 Å². The van der Waals surface area contributed by atoms with Crippen molar-refractivity contribution in [2.45, 2.75) is 78.0 Å². The second-order valence-corrected chi connectivity index (χ2v) is 7.76. The lowest BCUT2D eigenvalue weighted by Crippen LogP contribution is -2.39. The third-order valence-electron chi connectivity index (χ3n) is 5.11. The number of hydrogen-bond acceptors (Lipinski definition) is 4. The van der Waals surface area contributed by atoms with Crippen molar-refractivity contribution >= 4 is 11.8 Å². The molecule has 0 radical (unpaired) electrons. The van der Waals surface area contributed by atoms with E-state index in [0.29, 0.717) is 13.2 Å². The van der Waals surface area contributed by atoms with Gasteiger partial charge in [0, 0.05) is 31.0 Å². The molecule has 0 aromatic carbocycles. The first kappa shape index (κ1) is 22.1. The van der Waals surface area contributed by atoms with E-state index in [0.717, 1.165) is 32.1 Å². The highest BCUT2D eigenvalue weighted by molar-refractivity contribution is 5.99. The van der Waals surface area contributed by atoms with Crippen LogP contribution in [0.15, 0.2) is 17.2 Å². The van der Waals surface area contributed by atoms with E-state index >= 15 is 0 Å². The number of aromatic nitrogens is 1. The van der Waals surface area contributed by atoms with Crippen LogP contribution in [0.4, 0.5) is 0 Å². The molecule has 1 heterocycles. The van der Waals surface area contributed by atoms with Gasteiger partial charge in [-0.15, -0.1) is 0 Å². The Kier molecular flexibility index (Phi) is 8.23. The normalized spacial score (nSPS) is 15.6. The van der Waals surface area contributed by atoms with Gasteiger partial charge in [-0.2, -0.15) is 0 Å². The summed E-state index contributed by atoms with van der Waals surface area (Å²) in [6.07, 6.45) is 8.23. The maximum atomic E-state index is 12.9. The molecule has 2 amide bonds. The van der Waals surface area contributed by atoms with Crippen molar-refractivity contribution in [2.24, 2.45) is 0 Å². The third kappa shape index (κ3) is 5.92. The summed E-state index contributed by atoms with van der Waals surface area (Å²) >= 11 is 0. The van der Waals surface area contributed by atoms with Crippen molar-refractivity contribution in [3.63, 3.8) is 0 Å². The maximum Gasteiger partial charge on any atom is 0.256 e. The molecule has 0 saturated heterocycles. The number of ether oxygens (including phenoxy) is 1. The molecule has 1 aliphatic rings. The Labute approximate surface area is 166 Å². The van der Waals surface area contributed by atoms with Gasteiger partial charge in [-0.25, -0.2) is 0 Å². The minimum atomic E-state index is -0.530. The van der Waals surface area contributed by atoms with Gasteiger partial charge >= 0.3 is 0 Å². The van der Waals surface area contributed by atoms with E-state index in [-0.39, 0.29) is 29.3 Å². The van der Waals surface area contributed by atoms with Crippen molar-refractivity contribution in [2.75, 3.05) is 13.2 Å². The minimum Gasteiger partial charge on any atom is -0.377 e. The monoisotopic (exact) mass is 391 g/mol. The van der Waals surface area contributed by atoms with Crippen molar-refractivity contribution in [3.8, 4) is 0 Å². The lowest BCUT2D eigenvalue weighted by molar-refractivity contribution is 0.0746. The first-order valence-corrected chi connectivity index (χ1v) is 10.3. The summed E-state index contributed by atoms with van der Waals surface area (Å²) in [5, 5.41) is 5.55. The largest absolute Gasteiger partial charge is 0.377 e. The molecule has 28 heavy (non-hydrogen) atoms. The number of nitrogens with one attached hydrogen (secondary N) is 2. The molecule has 1 fully saturated rings. The van der Waals surface area contributed by atoms with Gasteiger partial charge < -0.3 is 19.9 Å². The van der Waals surface area contributed by atoms with Crippen molar-refractivity contribution < 1.29 is 14.3 Å². The van der Waals surface area contributed by atoms with Crippen LogP contribution in [0.2, 0.25) is 0 Å². The lowest BCUT2D eigenvalue weighted by atomic mass is 10.1. The predicted molar refractivity (Wildman–Crippen MR) is 109 cm³/mol. The third-order valence-corrected chi connectivity index (χ3v) is 5.11. The van der Waals surface area contributed by atoms with Gasteiger partial charge in [0.15, 0.2) is 0 Å². The number of carbonyl (C=O) groups is 2. The van der Waals surface area contributed by atoms with E-state index < -0.39 is 17.2 Å². The number of rotatable bonds is 9. The number of hydrogen-bond donors (Lipinski definition) is 2. The molecule has 1 aromatic heterocycles. The molecule has 7 heteroatoms. The molecule has 156 valence electrons. The van der Waals surface area contributed by atoms with E-state index in [4.69, 9.17) is 4.74 Å². The van der Waals surface area contributed by atoms with Gasteiger partial charge in [0.1, 0.15) is 11.1 Å². The number of amides is 2. The van der Waals surface area contributed by atoms with Crippen LogP contribution in [-0.4, -0.2) is 41.7 Å².